The Kier molecular flexibility index (Phi) is 10.8. The van der Waals surface area contributed by atoms with Crippen LogP contribution in [0.25, 0.3) is 22.3 Å². The predicted octanol–water partition coefficient (Wildman–Crippen LogP) is 2.71. The number of halogens is 3. The van der Waals surface area contributed by atoms with Crippen LogP contribution in [0, 0.1) is 11.3 Å². The van der Waals surface area contributed by atoms with Crippen LogP contribution >= 0.6 is 0 Å². The SMILES string of the molecule is CCC(=O)N[C@H]1C[C@@H](n2cnc3c(NCc4ccc(-c5ccccc5C#N)cc4)nc(N4CC[C@@H](N)C4)nc32)[C@H](O)[C@@H]1O.O=C(O)C(F)(F)F. The second kappa shape index (κ2) is 15.1. The molecule has 0 unspecified atom stereocenters. The van der Waals surface area contributed by atoms with E-state index >= 15 is 0 Å². The number of alkyl halides is 3. The number of fused-ring (bicyclic) bond motifs is 1. The number of carboxylic acid groups (broad SMARTS) is 1. The van der Waals surface area contributed by atoms with Gasteiger partial charge in [0.2, 0.25) is 11.9 Å². The summed E-state index contributed by atoms with van der Waals surface area (Å²) in [6.07, 6.45) is -4.25. The number of hydrogen-bond donors (Lipinski definition) is 6. The van der Waals surface area contributed by atoms with E-state index in [0.29, 0.717) is 48.0 Å². The molecule has 1 aliphatic carbocycles. The third-order valence-electron chi connectivity index (χ3n) is 8.61. The number of aliphatic hydroxyl groups is 2. The van der Waals surface area contributed by atoms with Gasteiger partial charge in [-0.3, -0.25) is 4.79 Å². The van der Waals surface area contributed by atoms with E-state index in [1.165, 1.54) is 0 Å². The van der Waals surface area contributed by atoms with Crippen molar-refractivity contribution < 1.29 is 38.1 Å². The molecule has 6 rings (SSSR count). The second-order valence-corrected chi connectivity index (χ2v) is 12.0. The maximum absolute atomic E-state index is 12.0. The number of carbonyl (C=O) groups is 2. The number of carboxylic acids is 1. The topological polar surface area (TPSA) is 216 Å². The first-order valence-electron chi connectivity index (χ1n) is 15.8. The van der Waals surface area contributed by atoms with Gasteiger partial charge in [0, 0.05) is 32.1 Å². The van der Waals surface area contributed by atoms with Gasteiger partial charge >= 0.3 is 12.1 Å². The van der Waals surface area contributed by atoms with Gasteiger partial charge in [-0.2, -0.15) is 28.4 Å². The van der Waals surface area contributed by atoms with E-state index in [1.807, 2.05) is 53.4 Å². The van der Waals surface area contributed by atoms with Crippen molar-refractivity contribution in [1.82, 2.24) is 24.8 Å². The first-order valence-corrected chi connectivity index (χ1v) is 15.8. The third-order valence-corrected chi connectivity index (χ3v) is 8.61. The van der Waals surface area contributed by atoms with Crippen molar-refractivity contribution in [1.29, 1.82) is 5.26 Å². The lowest BCUT2D eigenvalue weighted by Gasteiger charge is -2.20. The zero-order valence-electron chi connectivity index (χ0n) is 26.9. The molecule has 17 heteroatoms. The van der Waals surface area contributed by atoms with Gasteiger partial charge in [0.1, 0.15) is 12.2 Å². The fraction of sp³-hybridized carbons (Fsp3) is 0.394. The summed E-state index contributed by atoms with van der Waals surface area (Å²) in [5.41, 5.74) is 10.7. The number of carbonyl (C=O) groups excluding carboxylic acids is 1. The van der Waals surface area contributed by atoms with Crippen molar-refractivity contribution >= 4 is 34.8 Å². The van der Waals surface area contributed by atoms with Crippen molar-refractivity contribution in [2.45, 2.75) is 69.2 Å². The Morgan fingerprint density at radius 2 is 1.80 bits per heavy atom. The summed E-state index contributed by atoms with van der Waals surface area (Å²) in [6, 6.07) is 16.7. The van der Waals surface area contributed by atoms with Crippen LogP contribution in [-0.2, 0) is 16.1 Å². The third kappa shape index (κ3) is 7.94. The largest absolute Gasteiger partial charge is 0.490 e. The molecule has 50 heavy (non-hydrogen) atoms. The van der Waals surface area contributed by atoms with Crippen LogP contribution in [-0.4, -0.2) is 90.3 Å². The second-order valence-electron chi connectivity index (χ2n) is 12.0. The Morgan fingerprint density at radius 1 is 1.10 bits per heavy atom. The highest BCUT2D eigenvalue weighted by molar-refractivity contribution is 5.84. The molecular formula is C33H36F3N9O5. The van der Waals surface area contributed by atoms with Gasteiger partial charge in [0.05, 0.1) is 30.0 Å². The minimum absolute atomic E-state index is 0.0278. The zero-order chi connectivity index (χ0) is 36.2. The summed E-state index contributed by atoms with van der Waals surface area (Å²) in [4.78, 5) is 37.2. The van der Waals surface area contributed by atoms with Crippen molar-refractivity contribution in [2.75, 3.05) is 23.3 Å². The van der Waals surface area contributed by atoms with Gasteiger partial charge in [0.25, 0.3) is 0 Å². The lowest BCUT2D eigenvalue weighted by atomic mass is 9.99. The molecule has 4 aromatic rings. The van der Waals surface area contributed by atoms with Crippen LogP contribution in [0.5, 0.6) is 0 Å². The summed E-state index contributed by atoms with van der Waals surface area (Å²) in [5.74, 6) is -1.89. The number of nitrogens with one attached hydrogen (secondary N) is 2. The number of anilines is 2. The van der Waals surface area contributed by atoms with E-state index < -0.39 is 36.4 Å². The van der Waals surface area contributed by atoms with E-state index in [9.17, 15) is 33.4 Å². The number of aromatic nitrogens is 4. The summed E-state index contributed by atoms with van der Waals surface area (Å²) < 4.78 is 33.5. The highest BCUT2D eigenvalue weighted by Crippen LogP contribution is 2.35. The summed E-state index contributed by atoms with van der Waals surface area (Å²) in [7, 11) is 0. The van der Waals surface area contributed by atoms with Crippen LogP contribution in [0.15, 0.2) is 54.9 Å². The molecule has 1 aliphatic heterocycles. The molecule has 2 fully saturated rings. The predicted molar refractivity (Wildman–Crippen MR) is 176 cm³/mol. The number of aliphatic carboxylic acids is 1. The average molecular weight is 696 g/mol. The van der Waals surface area contributed by atoms with E-state index in [0.717, 1.165) is 29.7 Å². The molecule has 7 N–H and O–H groups in total. The molecule has 0 radical (unpaired) electrons. The molecule has 2 aliphatic rings. The van der Waals surface area contributed by atoms with Gasteiger partial charge < -0.3 is 41.2 Å². The van der Waals surface area contributed by atoms with Gasteiger partial charge in [0.15, 0.2) is 17.0 Å². The number of nitriles is 1. The normalized spacial score (nSPS) is 21.7. The highest BCUT2D eigenvalue weighted by Gasteiger charge is 2.44. The Morgan fingerprint density at radius 3 is 2.42 bits per heavy atom. The van der Waals surface area contributed by atoms with Gasteiger partial charge in [-0.15, -0.1) is 0 Å². The van der Waals surface area contributed by atoms with Crippen LogP contribution in [0.2, 0.25) is 0 Å². The van der Waals surface area contributed by atoms with Crippen LogP contribution < -0.4 is 21.3 Å². The van der Waals surface area contributed by atoms with E-state index in [1.54, 1.807) is 17.8 Å². The molecule has 2 aromatic heterocycles. The van der Waals surface area contributed by atoms with Crippen molar-refractivity contribution in [3.05, 3.63) is 66.0 Å². The lowest BCUT2D eigenvalue weighted by Crippen LogP contribution is -2.42. The van der Waals surface area contributed by atoms with Gasteiger partial charge in [-0.25, -0.2) is 9.78 Å². The number of amides is 1. The fourth-order valence-electron chi connectivity index (χ4n) is 5.94. The zero-order valence-corrected chi connectivity index (χ0v) is 26.9. The number of imidazole rings is 1. The minimum atomic E-state index is -5.08. The molecule has 264 valence electrons. The molecule has 5 atom stereocenters. The lowest BCUT2D eigenvalue weighted by molar-refractivity contribution is -0.192. The number of rotatable bonds is 8. The smallest absolute Gasteiger partial charge is 0.475 e. The van der Waals surface area contributed by atoms with E-state index in [-0.39, 0.29) is 18.4 Å². The fourth-order valence-corrected chi connectivity index (χ4v) is 5.94. The number of hydrogen-bond acceptors (Lipinski definition) is 11. The number of nitrogens with zero attached hydrogens (tertiary/aromatic N) is 6. The van der Waals surface area contributed by atoms with Crippen molar-refractivity contribution in [3.63, 3.8) is 0 Å². The number of benzene rings is 2. The first kappa shape index (κ1) is 36.0. The van der Waals surface area contributed by atoms with E-state index in [2.05, 4.69) is 21.7 Å². The van der Waals surface area contributed by atoms with Crippen molar-refractivity contribution in [2.24, 2.45) is 5.73 Å². The molecule has 3 heterocycles. The molecule has 14 nitrogen and oxygen atoms in total. The summed E-state index contributed by atoms with van der Waals surface area (Å²) in [6.45, 7) is 3.56. The van der Waals surface area contributed by atoms with E-state index in [4.69, 9.17) is 25.6 Å². The molecule has 1 amide bonds. The molecule has 2 aromatic carbocycles. The maximum atomic E-state index is 12.0. The van der Waals surface area contributed by atoms with Crippen LogP contribution in [0.4, 0.5) is 24.9 Å². The Hall–Kier alpha value is -5.31. The standard InChI is InChI=1S/C31H35N9O3.C2HF3O2/c1-2-25(41)36-23-13-24(28(43)27(23)42)40-17-35-26-29(37-31(38-30(26)40)39-12-11-21(33)16-39)34-15-18-7-9-19(10-8-18)22-6-4-3-5-20(22)14-32;3-2(4,5)1(6)7/h3-10,17,21,23-24,27-28,42-43H,2,11-13,15-16,33H2,1H3,(H,36,41)(H,34,37,38);(H,6,7)/t21-,23+,24-,27-,28+;/m1./s1. The van der Waals surface area contributed by atoms with Gasteiger partial charge in [-0.1, -0.05) is 49.4 Å². The number of nitrogens with two attached hydrogens (primary N) is 1. The minimum Gasteiger partial charge on any atom is -0.475 e. The van der Waals surface area contributed by atoms with Crippen molar-refractivity contribution in [3.8, 4) is 17.2 Å². The summed E-state index contributed by atoms with van der Waals surface area (Å²) >= 11 is 0. The molecular weight excluding hydrogens is 659 g/mol. The summed E-state index contributed by atoms with van der Waals surface area (Å²) in [5, 5.41) is 44.5. The monoisotopic (exact) mass is 695 g/mol. The molecule has 1 saturated heterocycles. The number of aliphatic hydroxyl groups excluding tert-OH is 2. The average Bonchev–Trinajstić information content (AvgIpc) is 3.81. The van der Waals surface area contributed by atoms with Gasteiger partial charge in [-0.05, 0) is 35.6 Å². The Bertz CT molecular complexity index is 1880. The Labute approximate surface area is 284 Å². The maximum Gasteiger partial charge on any atom is 0.490 e. The molecule has 0 bridgehead atoms. The van der Waals surface area contributed by atoms with Crippen LogP contribution in [0.3, 0.4) is 0 Å². The Balaban J connectivity index is 0.000000630. The quantitative estimate of drug-likeness (QED) is 0.157. The molecule has 1 saturated carbocycles. The molecule has 0 spiro atoms. The van der Waals surface area contributed by atoms with Crippen LogP contribution in [0.1, 0.15) is 43.4 Å². The highest BCUT2D eigenvalue weighted by atomic mass is 19.4. The first-order chi connectivity index (χ1) is 23.8.